The molecule has 0 aromatic carbocycles. The number of carbonyl (C=O) groups is 1. The summed E-state index contributed by atoms with van der Waals surface area (Å²) in [6.07, 6.45) is 2.17. The summed E-state index contributed by atoms with van der Waals surface area (Å²) < 4.78 is 33.0. The van der Waals surface area contributed by atoms with E-state index in [4.69, 9.17) is 4.55 Å². The van der Waals surface area contributed by atoms with Gasteiger partial charge in [-0.3, -0.25) is 4.55 Å². The number of hydrogen-bond acceptors (Lipinski definition) is 4. The Hall–Kier alpha value is -0.880. The fraction of sp³-hybridized carbons (Fsp3) is 0.625. The normalized spacial score (nSPS) is 11.0. The van der Waals surface area contributed by atoms with E-state index in [0.29, 0.717) is 6.42 Å². The van der Waals surface area contributed by atoms with Gasteiger partial charge in [0, 0.05) is 5.57 Å². The van der Waals surface area contributed by atoms with Crippen molar-refractivity contribution in [2.75, 3.05) is 5.94 Å². The minimum atomic E-state index is -4.26. The molecular formula is C8H14O5S. The highest BCUT2D eigenvalue weighted by molar-refractivity contribution is 7.85. The molecule has 0 atom stereocenters. The number of rotatable bonds is 6. The predicted octanol–water partition coefficient (Wildman–Crippen LogP) is 1.12. The van der Waals surface area contributed by atoms with Crippen LogP contribution in [0.25, 0.3) is 0 Å². The second kappa shape index (κ2) is 5.77. The Morgan fingerprint density at radius 2 is 2.07 bits per heavy atom. The molecule has 0 heterocycles. The molecule has 0 rings (SSSR count). The van der Waals surface area contributed by atoms with E-state index in [9.17, 15) is 13.2 Å². The molecular weight excluding hydrogens is 208 g/mol. The number of hydrogen-bond donors (Lipinski definition) is 1. The highest BCUT2D eigenvalue weighted by atomic mass is 32.2. The van der Waals surface area contributed by atoms with Crippen molar-refractivity contribution >= 4 is 16.1 Å². The first-order valence-corrected chi connectivity index (χ1v) is 5.77. The lowest BCUT2D eigenvalue weighted by molar-refractivity contribution is -0.137. The first-order chi connectivity index (χ1) is 6.37. The zero-order valence-electron chi connectivity index (χ0n) is 8.02. The molecule has 1 N–H and O–H groups in total. The van der Waals surface area contributed by atoms with Gasteiger partial charge in [-0.1, -0.05) is 19.9 Å². The summed E-state index contributed by atoms with van der Waals surface area (Å²) in [6.45, 7) is 5.40. The Kier molecular flexibility index (Phi) is 5.40. The van der Waals surface area contributed by atoms with Gasteiger partial charge in [0.25, 0.3) is 0 Å². The van der Waals surface area contributed by atoms with Gasteiger partial charge in [0.15, 0.2) is 0 Å². The molecule has 0 radical (unpaired) electrons. The molecule has 0 aliphatic rings. The van der Waals surface area contributed by atoms with Crippen molar-refractivity contribution in [1.29, 1.82) is 0 Å². The third-order valence-electron chi connectivity index (χ3n) is 1.46. The molecule has 6 heteroatoms. The van der Waals surface area contributed by atoms with Gasteiger partial charge in [-0.15, -0.1) is 0 Å². The fourth-order valence-corrected chi connectivity index (χ4v) is 0.978. The molecule has 82 valence electrons. The fourth-order valence-electron chi connectivity index (χ4n) is 0.722. The van der Waals surface area contributed by atoms with Gasteiger partial charge >= 0.3 is 16.1 Å². The lowest BCUT2D eigenvalue weighted by atomic mass is 10.1. The van der Waals surface area contributed by atoms with Crippen LogP contribution in [0.15, 0.2) is 12.2 Å². The monoisotopic (exact) mass is 222 g/mol. The van der Waals surface area contributed by atoms with Crippen LogP contribution in [-0.4, -0.2) is 24.9 Å². The Labute approximate surface area is 83.5 Å². The average Bonchev–Trinajstić information content (AvgIpc) is 2.09. The van der Waals surface area contributed by atoms with E-state index in [1.165, 1.54) is 0 Å². The van der Waals surface area contributed by atoms with E-state index in [1.807, 2.05) is 6.92 Å². The number of esters is 1. The van der Waals surface area contributed by atoms with Crippen LogP contribution in [0.3, 0.4) is 0 Å². The number of ether oxygens (including phenoxy) is 1. The maximum absolute atomic E-state index is 11.0. The van der Waals surface area contributed by atoms with Gasteiger partial charge in [-0.05, 0) is 12.8 Å². The third kappa shape index (κ3) is 6.62. The van der Waals surface area contributed by atoms with Gasteiger partial charge < -0.3 is 4.74 Å². The molecule has 0 spiro atoms. The predicted molar refractivity (Wildman–Crippen MR) is 51.2 cm³/mol. The number of carbonyl (C=O) groups excluding carboxylic acids is 1. The van der Waals surface area contributed by atoms with Gasteiger partial charge in [0.1, 0.15) is 0 Å². The van der Waals surface area contributed by atoms with Crippen LogP contribution >= 0.6 is 0 Å². The van der Waals surface area contributed by atoms with Crippen molar-refractivity contribution in [3.05, 3.63) is 12.2 Å². The molecule has 14 heavy (non-hydrogen) atoms. The Morgan fingerprint density at radius 1 is 1.50 bits per heavy atom. The highest BCUT2D eigenvalue weighted by Crippen LogP contribution is 2.06. The van der Waals surface area contributed by atoms with Gasteiger partial charge in [0.2, 0.25) is 5.94 Å². The zero-order valence-corrected chi connectivity index (χ0v) is 8.84. The van der Waals surface area contributed by atoms with E-state index in [1.54, 1.807) is 0 Å². The van der Waals surface area contributed by atoms with E-state index in [0.717, 1.165) is 12.8 Å². The second-order valence-electron chi connectivity index (χ2n) is 2.84. The SMILES string of the molecule is C=C(CCCC)C(=O)OCS(=O)(=O)O. The van der Waals surface area contributed by atoms with Crippen molar-refractivity contribution in [3.63, 3.8) is 0 Å². The van der Waals surface area contributed by atoms with Crippen molar-refractivity contribution in [1.82, 2.24) is 0 Å². The summed E-state index contributed by atoms with van der Waals surface area (Å²) >= 11 is 0. The third-order valence-corrected chi connectivity index (χ3v) is 1.88. The van der Waals surface area contributed by atoms with Crippen LogP contribution in [0.4, 0.5) is 0 Å². The minimum absolute atomic E-state index is 0.218. The van der Waals surface area contributed by atoms with Gasteiger partial charge in [-0.25, -0.2) is 4.79 Å². The lowest BCUT2D eigenvalue weighted by Gasteiger charge is -2.04. The molecule has 0 amide bonds. The van der Waals surface area contributed by atoms with Crippen LogP contribution in [0.5, 0.6) is 0 Å². The Balaban J connectivity index is 3.91. The van der Waals surface area contributed by atoms with Crippen molar-refractivity contribution in [2.45, 2.75) is 26.2 Å². The number of unbranched alkanes of at least 4 members (excludes halogenated alkanes) is 1. The summed E-state index contributed by atoms with van der Waals surface area (Å²) in [7, 11) is -4.26. The minimum Gasteiger partial charge on any atom is -0.443 e. The van der Waals surface area contributed by atoms with E-state index < -0.39 is 22.0 Å². The van der Waals surface area contributed by atoms with E-state index in [2.05, 4.69) is 11.3 Å². The molecule has 0 aromatic rings. The summed E-state index contributed by atoms with van der Waals surface area (Å²) in [4.78, 5) is 11.0. The quantitative estimate of drug-likeness (QED) is 0.414. The topological polar surface area (TPSA) is 80.7 Å². The van der Waals surface area contributed by atoms with Gasteiger partial charge in [-0.2, -0.15) is 8.42 Å². The maximum atomic E-state index is 11.0. The largest absolute Gasteiger partial charge is 0.443 e. The van der Waals surface area contributed by atoms with Crippen molar-refractivity contribution in [2.24, 2.45) is 0 Å². The lowest BCUT2D eigenvalue weighted by Crippen LogP contribution is -2.14. The average molecular weight is 222 g/mol. The van der Waals surface area contributed by atoms with Crippen LogP contribution in [0.2, 0.25) is 0 Å². The van der Waals surface area contributed by atoms with E-state index in [-0.39, 0.29) is 5.57 Å². The van der Waals surface area contributed by atoms with E-state index >= 15 is 0 Å². The highest BCUT2D eigenvalue weighted by Gasteiger charge is 2.12. The summed E-state index contributed by atoms with van der Waals surface area (Å²) in [5.41, 5.74) is 0.218. The van der Waals surface area contributed by atoms with Crippen molar-refractivity contribution in [3.8, 4) is 0 Å². The summed E-state index contributed by atoms with van der Waals surface area (Å²) in [6, 6.07) is 0. The molecule has 0 aromatic heterocycles. The summed E-state index contributed by atoms with van der Waals surface area (Å²) in [5, 5.41) is 0. The van der Waals surface area contributed by atoms with Crippen LogP contribution in [-0.2, 0) is 19.6 Å². The molecule has 0 aliphatic carbocycles. The Bertz CT molecular complexity index is 304. The molecule has 0 unspecified atom stereocenters. The van der Waals surface area contributed by atoms with Crippen molar-refractivity contribution < 1.29 is 22.5 Å². The maximum Gasteiger partial charge on any atom is 0.334 e. The zero-order chi connectivity index (χ0) is 11.2. The molecule has 0 aliphatic heterocycles. The molecule has 0 saturated heterocycles. The molecule has 0 fully saturated rings. The van der Waals surface area contributed by atoms with Crippen LogP contribution in [0.1, 0.15) is 26.2 Å². The first-order valence-electron chi connectivity index (χ1n) is 4.17. The molecule has 0 bridgehead atoms. The summed E-state index contributed by atoms with van der Waals surface area (Å²) in [5.74, 6) is -1.80. The molecule has 5 nitrogen and oxygen atoms in total. The van der Waals surface area contributed by atoms with Crippen LogP contribution < -0.4 is 0 Å². The second-order valence-corrected chi connectivity index (χ2v) is 4.24. The smallest absolute Gasteiger partial charge is 0.334 e. The Morgan fingerprint density at radius 3 is 2.50 bits per heavy atom. The first kappa shape index (κ1) is 13.1. The standard InChI is InChI=1S/C8H14O5S/c1-3-4-5-7(2)8(9)13-6-14(10,11)12/h2-6H2,1H3,(H,10,11,12). The van der Waals surface area contributed by atoms with Crippen LogP contribution in [0, 0.1) is 0 Å². The molecule has 0 saturated carbocycles. The van der Waals surface area contributed by atoms with Gasteiger partial charge in [0.05, 0.1) is 0 Å².